The van der Waals surface area contributed by atoms with Crippen LogP contribution in [0.1, 0.15) is 77.6 Å². The average Bonchev–Trinajstić information content (AvgIpc) is 3.01. The zero-order valence-electron chi connectivity index (χ0n) is 31.6. The summed E-state index contributed by atoms with van der Waals surface area (Å²) < 4.78 is 0. The second kappa shape index (κ2) is 16.3. The number of carbonyl (C=O) groups excluding carboxylic acids is 3. The van der Waals surface area contributed by atoms with E-state index in [9.17, 15) is 14.4 Å². The lowest BCUT2D eigenvalue weighted by Gasteiger charge is -2.40. The molecule has 1 aliphatic rings. The van der Waals surface area contributed by atoms with Crippen LogP contribution in [0.15, 0.2) is 60.2 Å². The van der Waals surface area contributed by atoms with Crippen LogP contribution in [0.4, 0.5) is 0 Å². The van der Waals surface area contributed by atoms with Gasteiger partial charge in [-0.1, -0.05) is 114 Å². The quantitative estimate of drug-likeness (QED) is 0.295. The Bertz CT molecular complexity index is 1410. The van der Waals surface area contributed by atoms with E-state index in [0.717, 1.165) is 36.3 Å². The maximum Gasteiger partial charge on any atom is 0.249 e. The monoisotopic (exact) mass is 659 g/mol. The fourth-order valence-electron chi connectivity index (χ4n) is 6.84. The first-order valence-electron chi connectivity index (χ1n) is 17.4. The Hall–Kier alpha value is -3.49. The minimum atomic E-state index is -0.774. The molecule has 0 saturated carbocycles. The molecule has 1 heterocycles. The van der Waals surface area contributed by atoms with E-state index < -0.39 is 22.9 Å². The highest BCUT2D eigenvalue weighted by Gasteiger charge is 2.42. The second-order valence-electron chi connectivity index (χ2n) is 15.7. The van der Waals surface area contributed by atoms with Gasteiger partial charge in [0.15, 0.2) is 0 Å². The fourth-order valence-corrected chi connectivity index (χ4v) is 6.84. The molecule has 0 unspecified atom stereocenters. The highest BCUT2D eigenvalue weighted by atomic mass is 16.2. The number of piperazine rings is 1. The molecule has 8 heteroatoms. The predicted molar refractivity (Wildman–Crippen MR) is 197 cm³/mol. The van der Waals surface area contributed by atoms with Gasteiger partial charge in [0.05, 0.1) is 12.1 Å². The molecule has 2 aromatic rings. The van der Waals surface area contributed by atoms with Crippen molar-refractivity contribution < 1.29 is 14.4 Å². The molecule has 1 saturated heterocycles. The van der Waals surface area contributed by atoms with E-state index in [1.807, 2.05) is 44.7 Å². The van der Waals surface area contributed by atoms with Crippen LogP contribution in [0.25, 0.3) is 0 Å². The molecule has 0 radical (unpaired) electrons. The molecular formula is C40H61N5O3. The molecule has 0 aliphatic carbocycles. The number of amides is 3. The molecule has 8 nitrogen and oxygen atoms in total. The number of benzene rings is 2. The van der Waals surface area contributed by atoms with Crippen LogP contribution in [0.2, 0.25) is 0 Å². The molecule has 3 rings (SSSR count). The van der Waals surface area contributed by atoms with Gasteiger partial charge in [0.25, 0.3) is 0 Å². The lowest BCUT2D eigenvalue weighted by atomic mass is 9.76. The zero-order valence-corrected chi connectivity index (χ0v) is 31.6. The maximum atomic E-state index is 14.3. The highest BCUT2D eigenvalue weighted by molar-refractivity contribution is 5.94. The van der Waals surface area contributed by atoms with Crippen LogP contribution >= 0.6 is 0 Å². The Labute approximate surface area is 290 Å². The smallest absolute Gasteiger partial charge is 0.249 e. The van der Waals surface area contributed by atoms with E-state index in [0.29, 0.717) is 18.7 Å². The first-order valence-corrected chi connectivity index (χ1v) is 17.4. The first-order chi connectivity index (χ1) is 22.4. The molecule has 3 atom stereocenters. The molecular weight excluding hydrogens is 598 g/mol. The van der Waals surface area contributed by atoms with Crippen molar-refractivity contribution in [1.29, 1.82) is 0 Å². The molecule has 2 aromatic carbocycles. The van der Waals surface area contributed by atoms with Crippen molar-refractivity contribution in [2.75, 3.05) is 40.3 Å². The molecule has 2 N–H and O–H groups in total. The van der Waals surface area contributed by atoms with E-state index in [1.165, 1.54) is 5.56 Å². The second-order valence-corrected chi connectivity index (χ2v) is 15.7. The van der Waals surface area contributed by atoms with Crippen LogP contribution in [-0.4, -0.2) is 90.8 Å². The standard InChI is InChI=1S/C40H61N5O3/c1-27(2)33(25-30(5)37(47)45-20-18-44(19-21-45)26-31-16-14-13-15-17-31)43(12)38(48)35(39(6,7)8)42-36(46)34(41-11)40(9,10)32-23-28(3)22-29(4)24-32/h13-17,22-25,27,33-35,41H,18-21,26H2,1-12H3,(H,42,46)/b30-25+/t33-,34-,35-/m1/s1. The van der Waals surface area contributed by atoms with Gasteiger partial charge in [-0.25, -0.2) is 0 Å². The summed E-state index contributed by atoms with van der Waals surface area (Å²) in [7, 11) is 3.57. The van der Waals surface area contributed by atoms with Crippen LogP contribution in [0, 0.1) is 25.2 Å². The van der Waals surface area contributed by atoms with Gasteiger partial charge in [0.2, 0.25) is 17.7 Å². The highest BCUT2D eigenvalue weighted by Crippen LogP contribution is 2.30. The molecule has 0 bridgehead atoms. The van der Waals surface area contributed by atoms with E-state index in [1.54, 1.807) is 19.0 Å². The molecule has 0 spiro atoms. The zero-order chi connectivity index (χ0) is 36.0. The van der Waals surface area contributed by atoms with Crippen molar-refractivity contribution in [2.24, 2.45) is 11.3 Å². The number of likely N-dealkylation sites (N-methyl/N-ethyl adjacent to an activating group) is 2. The number of aryl methyl sites for hydroxylation is 2. The van der Waals surface area contributed by atoms with Gasteiger partial charge < -0.3 is 20.4 Å². The molecule has 48 heavy (non-hydrogen) atoms. The summed E-state index contributed by atoms with van der Waals surface area (Å²) in [5.41, 5.74) is 4.16. The molecule has 0 aromatic heterocycles. The third kappa shape index (κ3) is 9.79. The normalized spacial score (nSPS) is 16.8. The third-order valence-electron chi connectivity index (χ3n) is 9.78. The number of hydrogen-bond donors (Lipinski definition) is 2. The summed E-state index contributed by atoms with van der Waals surface area (Å²) >= 11 is 0. The third-order valence-corrected chi connectivity index (χ3v) is 9.78. The lowest BCUT2D eigenvalue weighted by Crippen LogP contribution is -2.61. The Kier molecular flexibility index (Phi) is 13.2. The van der Waals surface area contributed by atoms with Gasteiger partial charge in [-0.3, -0.25) is 19.3 Å². The predicted octanol–water partition coefficient (Wildman–Crippen LogP) is 5.47. The van der Waals surface area contributed by atoms with Crippen LogP contribution in [-0.2, 0) is 26.3 Å². The van der Waals surface area contributed by atoms with E-state index in [4.69, 9.17) is 0 Å². The summed E-state index contributed by atoms with van der Waals surface area (Å²) in [6, 6.07) is 15.1. The van der Waals surface area contributed by atoms with Gasteiger partial charge in [0, 0.05) is 50.8 Å². The topological polar surface area (TPSA) is 85.0 Å². The summed E-state index contributed by atoms with van der Waals surface area (Å²) in [6.45, 7) is 24.0. The average molecular weight is 660 g/mol. The van der Waals surface area contributed by atoms with Crippen molar-refractivity contribution in [2.45, 2.75) is 99.3 Å². The Morgan fingerprint density at radius 2 is 1.46 bits per heavy atom. The molecule has 264 valence electrons. The van der Waals surface area contributed by atoms with E-state index in [-0.39, 0.29) is 29.7 Å². The van der Waals surface area contributed by atoms with Crippen molar-refractivity contribution >= 4 is 17.7 Å². The fraction of sp³-hybridized carbons (Fsp3) is 0.575. The van der Waals surface area contributed by atoms with Gasteiger partial charge in [0.1, 0.15) is 6.04 Å². The van der Waals surface area contributed by atoms with E-state index >= 15 is 0 Å². The van der Waals surface area contributed by atoms with Gasteiger partial charge in [-0.15, -0.1) is 0 Å². The minimum absolute atomic E-state index is 0.00649. The number of hydrogen-bond acceptors (Lipinski definition) is 5. The number of carbonyl (C=O) groups is 3. The van der Waals surface area contributed by atoms with Gasteiger partial charge in [-0.2, -0.15) is 0 Å². The van der Waals surface area contributed by atoms with Crippen molar-refractivity contribution in [1.82, 2.24) is 25.3 Å². The summed E-state index contributed by atoms with van der Waals surface area (Å²) in [4.78, 5) is 47.9. The number of rotatable bonds is 12. The first kappa shape index (κ1) is 39.0. The largest absolute Gasteiger partial charge is 0.342 e. The molecule has 1 fully saturated rings. The number of nitrogens with one attached hydrogen (secondary N) is 2. The van der Waals surface area contributed by atoms with Crippen molar-refractivity contribution in [3.05, 3.63) is 82.4 Å². The Morgan fingerprint density at radius 1 is 0.896 bits per heavy atom. The lowest BCUT2D eigenvalue weighted by molar-refractivity contribution is -0.141. The van der Waals surface area contributed by atoms with Gasteiger partial charge in [-0.05, 0) is 50.3 Å². The SMILES string of the molecule is CN[C@H](C(=O)N[C@H](C(=O)N(C)[C@H](/C=C(\C)C(=O)N1CCN(Cc2ccccc2)CC1)C(C)C)C(C)(C)C)C(C)(C)c1cc(C)cc(C)c1. The summed E-state index contributed by atoms with van der Waals surface area (Å²) in [6.07, 6.45) is 1.93. The van der Waals surface area contributed by atoms with Crippen LogP contribution in [0.5, 0.6) is 0 Å². The Morgan fingerprint density at radius 3 is 1.96 bits per heavy atom. The number of nitrogens with zero attached hydrogens (tertiary/aromatic N) is 3. The van der Waals surface area contributed by atoms with Gasteiger partial charge >= 0.3 is 0 Å². The minimum Gasteiger partial charge on any atom is -0.342 e. The summed E-state index contributed by atoms with van der Waals surface area (Å²) in [5.74, 6) is -0.348. The van der Waals surface area contributed by atoms with Crippen LogP contribution < -0.4 is 10.6 Å². The summed E-state index contributed by atoms with van der Waals surface area (Å²) in [5, 5.41) is 6.38. The van der Waals surface area contributed by atoms with Crippen molar-refractivity contribution in [3.8, 4) is 0 Å². The van der Waals surface area contributed by atoms with E-state index in [2.05, 4.69) is 99.5 Å². The maximum absolute atomic E-state index is 14.3. The molecule has 3 amide bonds. The van der Waals surface area contributed by atoms with Crippen LogP contribution in [0.3, 0.4) is 0 Å². The van der Waals surface area contributed by atoms with Crippen molar-refractivity contribution in [3.63, 3.8) is 0 Å². The Balaban J connectivity index is 1.75. The molecule has 1 aliphatic heterocycles.